The summed E-state index contributed by atoms with van der Waals surface area (Å²) in [4.78, 5) is 2.51. The normalized spacial score (nSPS) is 11.8. The minimum atomic E-state index is 1.13. The summed E-state index contributed by atoms with van der Waals surface area (Å²) in [6.07, 6.45) is 0. The van der Waals surface area contributed by atoms with Gasteiger partial charge in [-0.05, 0) is 86.3 Å². The summed E-state index contributed by atoms with van der Waals surface area (Å²) in [5.74, 6) is 0. The summed E-state index contributed by atoms with van der Waals surface area (Å²) < 4.78 is 5.20. The largest absolute Gasteiger partial charge is 0.308 e. The van der Waals surface area contributed by atoms with Crippen molar-refractivity contribution in [3.63, 3.8) is 0 Å². The van der Waals surface area contributed by atoms with Crippen LogP contribution in [0.1, 0.15) is 0 Å². The number of fused-ring (bicyclic) bond motifs is 9. The van der Waals surface area contributed by atoms with Gasteiger partial charge in [-0.15, -0.1) is 22.7 Å². The highest BCUT2D eigenvalue weighted by molar-refractivity contribution is 7.27. The van der Waals surface area contributed by atoms with Gasteiger partial charge in [-0.3, -0.25) is 0 Å². The number of anilines is 3. The van der Waals surface area contributed by atoms with E-state index in [1.54, 1.807) is 0 Å². The Kier molecular flexibility index (Phi) is 6.97. The van der Waals surface area contributed by atoms with E-state index in [4.69, 9.17) is 0 Å². The number of thiophene rings is 2. The lowest BCUT2D eigenvalue weighted by molar-refractivity contribution is 1.32. The Labute approximate surface area is 315 Å². The van der Waals surface area contributed by atoms with Gasteiger partial charge in [0, 0.05) is 41.3 Å². The molecule has 3 heteroatoms. The molecule has 11 aromatic rings. The van der Waals surface area contributed by atoms with Crippen molar-refractivity contribution in [1.82, 2.24) is 0 Å². The minimum absolute atomic E-state index is 1.13. The molecule has 1 nitrogen and oxygen atoms in total. The maximum absolute atomic E-state index is 2.51. The van der Waals surface area contributed by atoms with E-state index in [9.17, 15) is 0 Å². The van der Waals surface area contributed by atoms with Gasteiger partial charge in [0.25, 0.3) is 0 Å². The Bertz CT molecular complexity index is 3170. The van der Waals surface area contributed by atoms with Gasteiger partial charge in [-0.25, -0.2) is 0 Å². The van der Waals surface area contributed by atoms with Crippen LogP contribution in [-0.4, -0.2) is 0 Å². The topological polar surface area (TPSA) is 3.24 Å². The second-order valence-electron chi connectivity index (χ2n) is 13.7. The molecule has 0 atom stereocenters. The predicted octanol–water partition coefficient (Wildman–Crippen LogP) is 15.5. The molecule has 0 saturated carbocycles. The van der Waals surface area contributed by atoms with Crippen molar-refractivity contribution in [2.75, 3.05) is 4.90 Å². The van der Waals surface area contributed by atoms with Crippen LogP contribution in [0, 0.1) is 0 Å². The van der Waals surface area contributed by atoms with Crippen LogP contribution in [0.25, 0.3) is 84.1 Å². The van der Waals surface area contributed by atoms with Gasteiger partial charge in [0.2, 0.25) is 0 Å². The van der Waals surface area contributed by atoms with E-state index in [0.717, 1.165) is 5.69 Å². The molecule has 11 rings (SSSR count). The molecular weight excluding hydrogens is 679 g/mol. The minimum Gasteiger partial charge on any atom is -0.308 e. The number of hydrogen-bond acceptors (Lipinski definition) is 3. The predicted molar refractivity (Wildman–Crippen MR) is 233 cm³/mol. The first-order valence-electron chi connectivity index (χ1n) is 18.0. The molecule has 0 saturated heterocycles. The van der Waals surface area contributed by atoms with Crippen molar-refractivity contribution in [2.45, 2.75) is 0 Å². The van der Waals surface area contributed by atoms with Gasteiger partial charge >= 0.3 is 0 Å². The van der Waals surface area contributed by atoms with Crippen molar-refractivity contribution in [3.8, 4) is 22.3 Å². The number of nitrogens with zero attached hydrogens (tertiary/aromatic N) is 1. The summed E-state index contributed by atoms with van der Waals surface area (Å²) >= 11 is 3.77. The van der Waals surface area contributed by atoms with Crippen LogP contribution < -0.4 is 4.90 Å². The van der Waals surface area contributed by atoms with E-state index in [1.165, 1.54) is 95.5 Å². The summed E-state index contributed by atoms with van der Waals surface area (Å²) in [6, 6.07) is 69.1. The van der Waals surface area contributed by atoms with Crippen molar-refractivity contribution in [3.05, 3.63) is 188 Å². The standard InChI is InChI=1S/C50H31NS2/c1-2-11-33(12-3-1)39-29-30-44(48-42-16-7-9-20-47(42)53-50(39)48)51(45-18-10-17-41-40-15-6-8-19-46(40)52-49(41)45)37-27-25-32(26-28-37)36-24-23-35-22-21-34-13-4-5-14-38(34)43(35)31-36/h1-31H. The van der Waals surface area contributed by atoms with Gasteiger partial charge < -0.3 is 4.90 Å². The summed E-state index contributed by atoms with van der Waals surface area (Å²) in [5.41, 5.74) is 8.44. The zero-order valence-electron chi connectivity index (χ0n) is 28.7. The van der Waals surface area contributed by atoms with Crippen molar-refractivity contribution in [1.29, 1.82) is 0 Å². The van der Waals surface area contributed by atoms with E-state index in [2.05, 4.69) is 193 Å². The van der Waals surface area contributed by atoms with E-state index in [-0.39, 0.29) is 0 Å². The Balaban J connectivity index is 1.15. The molecule has 0 aliphatic heterocycles. The molecular formula is C50H31NS2. The quantitative estimate of drug-likeness (QED) is 0.161. The van der Waals surface area contributed by atoms with Crippen LogP contribution in [0.4, 0.5) is 17.1 Å². The third kappa shape index (κ3) is 4.89. The molecule has 248 valence electrons. The van der Waals surface area contributed by atoms with E-state index in [1.807, 2.05) is 22.7 Å². The highest BCUT2D eigenvalue weighted by Crippen LogP contribution is 2.51. The lowest BCUT2D eigenvalue weighted by atomic mass is 9.97. The Morgan fingerprint density at radius 3 is 1.79 bits per heavy atom. The molecule has 2 heterocycles. The van der Waals surface area contributed by atoms with Gasteiger partial charge in [0.15, 0.2) is 0 Å². The Morgan fingerprint density at radius 2 is 0.962 bits per heavy atom. The van der Waals surface area contributed by atoms with Crippen LogP contribution in [0.2, 0.25) is 0 Å². The third-order valence-corrected chi connectivity index (χ3v) is 13.1. The highest BCUT2D eigenvalue weighted by Gasteiger charge is 2.23. The number of rotatable bonds is 5. The number of benzene rings is 9. The second-order valence-corrected chi connectivity index (χ2v) is 15.8. The molecule has 0 radical (unpaired) electrons. The highest BCUT2D eigenvalue weighted by atomic mass is 32.1. The van der Waals surface area contributed by atoms with Crippen LogP contribution in [0.3, 0.4) is 0 Å². The van der Waals surface area contributed by atoms with Crippen molar-refractivity contribution >= 4 is 102 Å². The molecule has 0 aliphatic rings. The fraction of sp³-hybridized carbons (Fsp3) is 0. The second kappa shape index (κ2) is 12.2. The average molecular weight is 710 g/mol. The summed E-state index contributed by atoms with van der Waals surface area (Å²) in [7, 11) is 0. The van der Waals surface area contributed by atoms with Crippen LogP contribution >= 0.6 is 22.7 Å². The molecule has 53 heavy (non-hydrogen) atoms. The van der Waals surface area contributed by atoms with Crippen LogP contribution in [0.5, 0.6) is 0 Å². The SMILES string of the molecule is c1ccc(-c2ccc(N(c3ccc(-c4ccc5ccc6ccccc6c5c4)cc3)c3cccc4c3sc3ccccc34)c3c2sc2ccccc23)cc1. The maximum atomic E-state index is 2.51. The lowest BCUT2D eigenvalue weighted by Gasteiger charge is -2.28. The molecule has 0 N–H and O–H groups in total. The van der Waals surface area contributed by atoms with Crippen molar-refractivity contribution < 1.29 is 0 Å². The molecule has 0 bridgehead atoms. The third-order valence-electron chi connectivity index (χ3n) is 10.7. The summed E-state index contributed by atoms with van der Waals surface area (Å²) in [5, 5.41) is 10.3. The fourth-order valence-corrected chi connectivity index (χ4v) is 10.6. The van der Waals surface area contributed by atoms with Gasteiger partial charge in [0.05, 0.1) is 16.1 Å². The Hall–Kier alpha value is -6.26. The van der Waals surface area contributed by atoms with Crippen LogP contribution in [-0.2, 0) is 0 Å². The fourth-order valence-electron chi connectivity index (χ4n) is 8.14. The molecule has 0 spiro atoms. The van der Waals surface area contributed by atoms with Gasteiger partial charge in [-0.1, -0.05) is 146 Å². The van der Waals surface area contributed by atoms with E-state index >= 15 is 0 Å². The van der Waals surface area contributed by atoms with Gasteiger partial charge in [0.1, 0.15) is 0 Å². The zero-order chi connectivity index (χ0) is 34.9. The van der Waals surface area contributed by atoms with E-state index in [0.29, 0.717) is 0 Å². The molecule has 9 aromatic carbocycles. The molecule has 0 aliphatic carbocycles. The molecule has 2 aromatic heterocycles. The Morgan fingerprint density at radius 1 is 0.340 bits per heavy atom. The first-order valence-corrected chi connectivity index (χ1v) is 19.6. The first-order chi connectivity index (χ1) is 26.3. The molecule has 0 unspecified atom stereocenters. The monoisotopic (exact) mass is 709 g/mol. The maximum Gasteiger partial charge on any atom is 0.0640 e. The lowest BCUT2D eigenvalue weighted by Crippen LogP contribution is -2.10. The molecule has 0 amide bonds. The molecule has 0 fully saturated rings. The summed E-state index contributed by atoms with van der Waals surface area (Å²) in [6.45, 7) is 0. The smallest absolute Gasteiger partial charge is 0.0640 e. The first kappa shape index (κ1) is 30.4. The van der Waals surface area contributed by atoms with Gasteiger partial charge in [-0.2, -0.15) is 0 Å². The van der Waals surface area contributed by atoms with E-state index < -0.39 is 0 Å². The van der Waals surface area contributed by atoms with Crippen LogP contribution in [0.15, 0.2) is 188 Å². The number of hydrogen-bond donors (Lipinski definition) is 0. The average Bonchev–Trinajstić information content (AvgIpc) is 3.81. The van der Waals surface area contributed by atoms with Crippen molar-refractivity contribution in [2.24, 2.45) is 0 Å². The zero-order valence-corrected chi connectivity index (χ0v) is 30.3.